The van der Waals surface area contributed by atoms with Gasteiger partial charge in [0.15, 0.2) is 5.65 Å². The van der Waals surface area contributed by atoms with Crippen LogP contribution in [0.15, 0.2) is 54.9 Å². The Labute approximate surface area is 216 Å². The van der Waals surface area contributed by atoms with Crippen molar-refractivity contribution in [3.05, 3.63) is 71.0 Å². The summed E-state index contributed by atoms with van der Waals surface area (Å²) in [5, 5.41) is 10.5. The Bertz CT molecular complexity index is 1600. The van der Waals surface area contributed by atoms with Crippen molar-refractivity contribution in [3.8, 4) is 16.9 Å². The van der Waals surface area contributed by atoms with Crippen molar-refractivity contribution in [1.29, 1.82) is 0 Å². The zero-order valence-electron chi connectivity index (χ0n) is 19.7. The molecule has 1 fully saturated rings. The highest BCUT2D eigenvalue weighted by molar-refractivity contribution is 6.32. The molecule has 0 radical (unpaired) electrons. The Hall–Kier alpha value is -4.44. The van der Waals surface area contributed by atoms with Gasteiger partial charge >= 0.3 is 0 Å². The maximum Gasteiger partial charge on any atom is 0.255 e. The molecule has 10 nitrogen and oxygen atoms in total. The van der Waals surface area contributed by atoms with Crippen LogP contribution in [0.3, 0.4) is 0 Å². The van der Waals surface area contributed by atoms with Crippen molar-refractivity contribution in [2.24, 2.45) is 0 Å². The topological polar surface area (TPSA) is 118 Å². The predicted molar refractivity (Wildman–Crippen MR) is 136 cm³/mol. The molecule has 3 amide bonds. The van der Waals surface area contributed by atoms with E-state index in [0.717, 1.165) is 22.4 Å². The van der Waals surface area contributed by atoms with Crippen LogP contribution in [0, 0.1) is 0 Å². The van der Waals surface area contributed by atoms with Crippen LogP contribution in [0.25, 0.3) is 16.8 Å². The fourth-order valence-corrected chi connectivity index (χ4v) is 5.03. The van der Waals surface area contributed by atoms with Crippen LogP contribution in [0.4, 0.5) is 11.5 Å². The molecule has 186 valence electrons. The number of methoxy groups -OCH3 is 1. The normalized spacial score (nSPS) is 17.2. The average molecular weight is 517 g/mol. The fraction of sp³-hybridized carbons (Fsp3) is 0.192. The van der Waals surface area contributed by atoms with E-state index < -0.39 is 11.9 Å². The standard InChI is InChI=1S/C26H21ClN6O4/c1-37-21-6-3-16(11-19(21)27)29-22-8-9-33-24(30-22)18(12-28-33)14-2-4-17-15(10-14)13-32(26(17)36)20-5-7-23(34)31-25(20)35/h2-4,6,8-12,20H,5,7,13H2,1H3,(H,29,30)(H,31,34,35)/t20-/m0/s1. The number of anilines is 2. The molecule has 2 aliphatic heterocycles. The zero-order valence-corrected chi connectivity index (χ0v) is 20.5. The lowest BCUT2D eigenvalue weighted by Crippen LogP contribution is -2.52. The third-order valence-electron chi connectivity index (χ3n) is 6.63. The van der Waals surface area contributed by atoms with Crippen molar-refractivity contribution in [2.45, 2.75) is 25.4 Å². The van der Waals surface area contributed by atoms with Crippen LogP contribution in [0.1, 0.15) is 28.8 Å². The second kappa shape index (κ2) is 8.90. The van der Waals surface area contributed by atoms with Crippen LogP contribution >= 0.6 is 11.6 Å². The molecule has 4 aromatic rings. The molecular formula is C26H21ClN6O4. The summed E-state index contributed by atoms with van der Waals surface area (Å²) in [6.45, 7) is 0.298. The van der Waals surface area contributed by atoms with Gasteiger partial charge in [-0.1, -0.05) is 17.7 Å². The Morgan fingerprint density at radius 1 is 1.11 bits per heavy atom. The van der Waals surface area contributed by atoms with Gasteiger partial charge in [-0.15, -0.1) is 0 Å². The SMILES string of the molecule is COc1ccc(Nc2ccn3ncc(-c4ccc5c(c4)CN([C@H]4CCC(=O)NC4=O)C5=O)c3n2)cc1Cl. The molecule has 37 heavy (non-hydrogen) atoms. The Balaban J connectivity index is 1.29. The summed E-state index contributed by atoms with van der Waals surface area (Å²) in [4.78, 5) is 43.2. The molecule has 2 aromatic heterocycles. The van der Waals surface area contributed by atoms with E-state index in [2.05, 4.69) is 15.7 Å². The van der Waals surface area contributed by atoms with Gasteiger partial charge in [-0.2, -0.15) is 5.10 Å². The lowest BCUT2D eigenvalue weighted by Gasteiger charge is -2.29. The van der Waals surface area contributed by atoms with Gasteiger partial charge in [0.1, 0.15) is 17.6 Å². The van der Waals surface area contributed by atoms with Crippen LogP contribution in [0.2, 0.25) is 5.02 Å². The number of nitrogens with one attached hydrogen (secondary N) is 2. The number of nitrogens with zero attached hydrogens (tertiary/aromatic N) is 4. The number of piperidine rings is 1. The van der Waals surface area contributed by atoms with Gasteiger partial charge in [0.25, 0.3) is 5.91 Å². The van der Waals surface area contributed by atoms with E-state index in [1.807, 2.05) is 18.2 Å². The number of halogens is 1. The lowest BCUT2D eigenvalue weighted by molar-refractivity contribution is -0.136. The fourth-order valence-electron chi connectivity index (χ4n) is 4.78. The molecule has 4 heterocycles. The van der Waals surface area contributed by atoms with Gasteiger partial charge in [-0.05, 0) is 53.9 Å². The van der Waals surface area contributed by atoms with Crippen molar-refractivity contribution >= 4 is 46.5 Å². The van der Waals surface area contributed by atoms with E-state index in [4.69, 9.17) is 21.3 Å². The molecule has 2 N–H and O–H groups in total. The van der Waals surface area contributed by atoms with Crippen LogP contribution in [0.5, 0.6) is 5.75 Å². The van der Waals surface area contributed by atoms with E-state index in [9.17, 15) is 14.4 Å². The molecule has 1 atom stereocenters. The van der Waals surface area contributed by atoms with Gasteiger partial charge in [-0.3, -0.25) is 19.7 Å². The minimum Gasteiger partial charge on any atom is -0.495 e. The Morgan fingerprint density at radius 2 is 1.97 bits per heavy atom. The summed E-state index contributed by atoms with van der Waals surface area (Å²) in [6.07, 6.45) is 4.08. The third-order valence-corrected chi connectivity index (χ3v) is 6.92. The second-order valence-electron chi connectivity index (χ2n) is 8.89. The van der Waals surface area contributed by atoms with E-state index in [1.54, 1.807) is 48.3 Å². The summed E-state index contributed by atoms with van der Waals surface area (Å²) >= 11 is 6.25. The highest BCUT2D eigenvalue weighted by Gasteiger charge is 2.39. The Kier molecular flexibility index (Phi) is 5.53. The number of fused-ring (bicyclic) bond motifs is 2. The first-order valence-corrected chi connectivity index (χ1v) is 12.0. The summed E-state index contributed by atoms with van der Waals surface area (Å²) in [5.74, 6) is 0.245. The number of rotatable bonds is 5. The number of ether oxygens (including phenoxy) is 1. The zero-order chi connectivity index (χ0) is 25.7. The van der Waals surface area contributed by atoms with Crippen molar-refractivity contribution in [3.63, 3.8) is 0 Å². The first-order valence-electron chi connectivity index (χ1n) is 11.6. The van der Waals surface area contributed by atoms with Crippen LogP contribution < -0.4 is 15.4 Å². The maximum absolute atomic E-state index is 13.0. The largest absolute Gasteiger partial charge is 0.495 e. The van der Waals surface area contributed by atoms with E-state index in [0.29, 0.717) is 40.8 Å². The van der Waals surface area contributed by atoms with Crippen molar-refractivity contribution < 1.29 is 19.1 Å². The number of carbonyl (C=O) groups excluding carboxylic acids is 3. The number of hydrogen-bond donors (Lipinski definition) is 2. The predicted octanol–water partition coefficient (Wildman–Crippen LogP) is 3.56. The molecule has 0 bridgehead atoms. The van der Waals surface area contributed by atoms with Gasteiger partial charge < -0.3 is 15.0 Å². The summed E-state index contributed by atoms with van der Waals surface area (Å²) in [7, 11) is 1.56. The van der Waals surface area contributed by atoms with Crippen molar-refractivity contribution in [2.75, 3.05) is 12.4 Å². The molecule has 2 aromatic carbocycles. The monoisotopic (exact) mass is 516 g/mol. The van der Waals surface area contributed by atoms with E-state index >= 15 is 0 Å². The summed E-state index contributed by atoms with van der Waals surface area (Å²) < 4.78 is 6.88. The molecule has 0 spiro atoms. The number of amides is 3. The highest BCUT2D eigenvalue weighted by Crippen LogP contribution is 2.33. The minimum atomic E-state index is -0.653. The molecule has 11 heteroatoms. The maximum atomic E-state index is 13.0. The van der Waals surface area contributed by atoms with Gasteiger partial charge in [-0.25, -0.2) is 9.50 Å². The van der Waals surface area contributed by atoms with Gasteiger partial charge in [0, 0.05) is 36.0 Å². The first kappa shape index (κ1) is 23.0. The second-order valence-corrected chi connectivity index (χ2v) is 9.29. The van der Waals surface area contributed by atoms with Crippen molar-refractivity contribution in [1.82, 2.24) is 24.8 Å². The molecule has 0 unspecified atom stereocenters. The lowest BCUT2D eigenvalue weighted by atomic mass is 10.0. The number of carbonyl (C=O) groups is 3. The quantitative estimate of drug-likeness (QED) is 0.389. The highest BCUT2D eigenvalue weighted by atomic mass is 35.5. The summed E-state index contributed by atoms with van der Waals surface area (Å²) in [6, 6.07) is 12.1. The van der Waals surface area contributed by atoms with Gasteiger partial charge in [0.2, 0.25) is 11.8 Å². The van der Waals surface area contributed by atoms with E-state index in [-0.39, 0.29) is 18.2 Å². The van der Waals surface area contributed by atoms with Crippen LogP contribution in [-0.2, 0) is 16.1 Å². The number of imide groups is 1. The number of benzene rings is 2. The smallest absolute Gasteiger partial charge is 0.255 e. The minimum absolute atomic E-state index is 0.210. The first-order chi connectivity index (χ1) is 17.9. The summed E-state index contributed by atoms with van der Waals surface area (Å²) in [5.41, 5.74) is 4.41. The Morgan fingerprint density at radius 3 is 2.76 bits per heavy atom. The number of aromatic nitrogens is 3. The molecule has 6 rings (SSSR count). The molecule has 0 saturated carbocycles. The van der Waals surface area contributed by atoms with Crippen LogP contribution in [-0.4, -0.2) is 50.4 Å². The number of hydrogen-bond acceptors (Lipinski definition) is 7. The van der Waals surface area contributed by atoms with Gasteiger partial charge in [0.05, 0.1) is 18.3 Å². The molecule has 1 saturated heterocycles. The molecule has 2 aliphatic rings. The molecule has 0 aliphatic carbocycles. The van der Waals surface area contributed by atoms with E-state index in [1.165, 1.54) is 4.90 Å². The molecular weight excluding hydrogens is 496 g/mol. The average Bonchev–Trinajstić information content (AvgIpc) is 3.44. The third kappa shape index (κ3) is 4.05.